The number of carbonyl (C=O) groups is 2. The van der Waals surface area contributed by atoms with Gasteiger partial charge in [0.15, 0.2) is 0 Å². The fraction of sp³-hybridized carbons (Fsp3) is 0.500. The number of benzene rings is 1. The average Bonchev–Trinajstić information content (AvgIpc) is 3.69. The molecule has 2 saturated heterocycles. The van der Waals surface area contributed by atoms with Crippen LogP contribution < -0.4 is 10.6 Å². The Morgan fingerprint density at radius 1 is 1.27 bits per heavy atom. The smallest absolute Gasteiger partial charge is 0.272 e. The van der Waals surface area contributed by atoms with Crippen molar-refractivity contribution in [2.24, 2.45) is 10.8 Å². The van der Waals surface area contributed by atoms with E-state index in [1.165, 1.54) is 12.1 Å². The summed E-state index contributed by atoms with van der Waals surface area (Å²) in [4.78, 5) is 33.1. The van der Waals surface area contributed by atoms with Gasteiger partial charge >= 0.3 is 0 Å². The Kier molecular flexibility index (Phi) is 9.20. The predicted molar refractivity (Wildman–Crippen MR) is 165 cm³/mol. The van der Waals surface area contributed by atoms with Crippen LogP contribution in [0.3, 0.4) is 0 Å². The standard InChI is InChI=1S/C32H38F2N6O3S/c1-31(2,3)13-21(14-35)29(42)39-11-5-6-22(39)16-40-24-8-7-20(15-36-17-32(4)18-43-19-32)12-23(24)37-30(40)38-28(41)26-10-9-25(44-26)27(33)34/h7-10,12-13,22,27,36H,5-6,11,15-19H2,1-4H3,(H,37,38,41)/t22-/m1/s1. The van der Waals surface area contributed by atoms with Gasteiger partial charge in [0.05, 0.1) is 40.0 Å². The predicted octanol–water partition coefficient (Wildman–Crippen LogP) is 5.90. The SMILES string of the molecule is CC(C)(C)C=C(C#N)C(=O)N1CCC[C@@H]1Cn1c(NC(=O)c2ccc(C(F)F)s2)nc2cc(CNCC3(C)COC3)ccc21. The molecule has 2 amide bonds. The van der Waals surface area contributed by atoms with Gasteiger partial charge in [-0.2, -0.15) is 5.26 Å². The van der Waals surface area contributed by atoms with Crippen LogP contribution in [-0.2, 0) is 22.6 Å². The zero-order valence-electron chi connectivity index (χ0n) is 25.5. The van der Waals surface area contributed by atoms with Gasteiger partial charge in [0, 0.05) is 31.6 Å². The maximum atomic E-state index is 13.5. The highest BCUT2D eigenvalue weighted by atomic mass is 32.1. The number of aromatic nitrogens is 2. The number of likely N-dealkylation sites (tertiary alicyclic amines) is 1. The third-order valence-corrected chi connectivity index (χ3v) is 8.94. The molecule has 234 valence electrons. The summed E-state index contributed by atoms with van der Waals surface area (Å²) in [6, 6.07) is 10.4. The van der Waals surface area contributed by atoms with Crippen molar-refractivity contribution in [3.63, 3.8) is 0 Å². The summed E-state index contributed by atoms with van der Waals surface area (Å²) in [5.74, 6) is -0.571. The Morgan fingerprint density at radius 2 is 2.05 bits per heavy atom. The molecule has 3 aromatic rings. The maximum absolute atomic E-state index is 13.5. The number of nitrogens with zero attached hydrogens (tertiary/aromatic N) is 4. The number of amides is 2. The number of nitriles is 1. The summed E-state index contributed by atoms with van der Waals surface area (Å²) < 4.78 is 33.6. The first-order valence-electron chi connectivity index (χ1n) is 14.8. The van der Waals surface area contributed by atoms with Crippen LogP contribution in [0.15, 0.2) is 42.0 Å². The first-order valence-corrected chi connectivity index (χ1v) is 15.6. The van der Waals surface area contributed by atoms with Gasteiger partial charge in [-0.05, 0) is 48.1 Å². The second-order valence-electron chi connectivity index (χ2n) is 13.1. The molecule has 12 heteroatoms. The summed E-state index contributed by atoms with van der Waals surface area (Å²) in [6.07, 6.45) is 0.546. The molecule has 9 nitrogen and oxygen atoms in total. The minimum atomic E-state index is -2.66. The van der Waals surface area contributed by atoms with E-state index in [2.05, 4.69) is 23.6 Å². The van der Waals surface area contributed by atoms with Crippen molar-refractivity contribution in [2.75, 3.05) is 31.6 Å². The normalized spacial score (nSPS) is 18.5. The van der Waals surface area contributed by atoms with E-state index in [4.69, 9.17) is 9.72 Å². The lowest BCUT2D eigenvalue weighted by molar-refractivity contribution is -0.127. The molecule has 0 unspecified atom stereocenters. The minimum absolute atomic E-state index is 0.111. The molecule has 5 rings (SSSR count). The van der Waals surface area contributed by atoms with Crippen molar-refractivity contribution in [2.45, 2.75) is 66.1 Å². The topological polar surface area (TPSA) is 112 Å². The van der Waals surface area contributed by atoms with Crippen LogP contribution in [0.4, 0.5) is 14.7 Å². The molecule has 1 atom stereocenters. The van der Waals surface area contributed by atoms with Gasteiger partial charge in [-0.1, -0.05) is 39.8 Å². The lowest BCUT2D eigenvalue weighted by atomic mass is 9.89. The quantitative estimate of drug-likeness (QED) is 0.215. The summed E-state index contributed by atoms with van der Waals surface area (Å²) in [5, 5.41) is 16.1. The van der Waals surface area contributed by atoms with Gasteiger partial charge in [0.2, 0.25) is 5.95 Å². The van der Waals surface area contributed by atoms with Crippen LogP contribution in [0.25, 0.3) is 11.0 Å². The molecular weight excluding hydrogens is 586 g/mol. The Bertz CT molecular complexity index is 1610. The van der Waals surface area contributed by atoms with Gasteiger partial charge in [-0.15, -0.1) is 11.3 Å². The number of halogens is 2. The van der Waals surface area contributed by atoms with Crippen LogP contribution in [-0.4, -0.2) is 58.6 Å². The van der Waals surface area contributed by atoms with Crippen molar-refractivity contribution in [3.8, 4) is 6.07 Å². The van der Waals surface area contributed by atoms with Gasteiger partial charge in [0.1, 0.15) is 11.6 Å². The van der Waals surface area contributed by atoms with Crippen molar-refractivity contribution in [3.05, 3.63) is 57.3 Å². The highest BCUT2D eigenvalue weighted by Gasteiger charge is 2.34. The number of ether oxygens (including phenoxy) is 1. The molecule has 0 radical (unpaired) electrons. The molecular formula is C32H38F2N6O3S. The molecule has 0 aliphatic carbocycles. The lowest BCUT2D eigenvalue weighted by Crippen LogP contribution is -2.47. The number of hydrogen-bond donors (Lipinski definition) is 2. The fourth-order valence-corrected chi connectivity index (χ4v) is 6.37. The average molecular weight is 625 g/mol. The molecule has 4 heterocycles. The number of nitrogens with one attached hydrogen (secondary N) is 2. The second-order valence-corrected chi connectivity index (χ2v) is 14.2. The van der Waals surface area contributed by atoms with Crippen molar-refractivity contribution >= 4 is 40.1 Å². The van der Waals surface area contributed by atoms with E-state index in [-0.39, 0.29) is 44.1 Å². The molecule has 2 fully saturated rings. The summed E-state index contributed by atoms with van der Waals surface area (Å²) >= 11 is 0.742. The number of carbonyl (C=O) groups excluding carboxylic acids is 2. The Labute approximate surface area is 259 Å². The van der Waals surface area contributed by atoms with E-state index in [9.17, 15) is 23.6 Å². The highest BCUT2D eigenvalue weighted by molar-refractivity contribution is 7.14. The first kappa shape index (κ1) is 31.8. The number of alkyl halides is 2. The number of imidazole rings is 1. The first-order chi connectivity index (χ1) is 20.9. The fourth-order valence-electron chi connectivity index (χ4n) is 5.62. The van der Waals surface area contributed by atoms with E-state index < -0.39 is 12.3 Å². The van der Waals surface area contributed by atoms with Crippen molar-refractivity contribution in [1.29, 1.82) is 5.26 Å². The summed E-state index contributed by atoms with van der Waals surface area (Å²) in [7, 11) is 0. The van der Waals surface area contributed by atoms with E-state index >= 15 is 0 Å². The number of allylic oxidation sites excluding steroid dienone is 1. The molecule has 0 bridgehead atoms. The Morgan fingerprint density at radius 3 is 2.68 bits per heavy atom. The van der Waals surface area contributed by atoms with Crippen LogP contribution >= 0.6 is 11.3 Å². The van der Waals surface area contributed by atoms with Crippen molar-refractivity contribution in [1.82, 2.24) is 19.8 Å². The monoisotopic (exact) mass is 624 g/mol. The molecule has 2 aromatic heterocycles. The molecule has 2 N–H and O–H groups in total. The molecule has 2 aliphatic rings. The molecule has 0 spiro atoms. The lowest BCUT2D eigenvalue weighted by Gasteiger charge is -2.38. The number of thiophene rings is 1. The Balaban J connectivity index is 1.43. The van der Waals surface area contributed by atoms with Crippen LogP contribution in [0.5, 0.6) is 0 Å². The molecule has 1 aromatic carbocycles. The number of hydrogen-bond acceptors (Lipinski definition) is 7. The van der Waals surface area contributed by atoms with E-state index in [0.717, 1.165) is 55.0 Å². The maximum Gasteiger partial charge on any atom is 0.272 e. The van der Waals surface area contributed by atoms with Gasteiger partial charge in [-0.25, -0.2) is 13.8 Å². The van der Waals surface area contributed by atoms with E-state index in [1.54, 1.807) is 11.0 Å². The Hall–Kier alpha value is -3.66. The molecule has 2 aliphatic heterocycles. The van der Waals surface area contributed by atoms with Crippen molar-refractivity contribution < 1.29 is 23.1 Å². The minimum Gasteiger partial charge on any atom is -0.380 e. The highest BCUT2D eigenvalue weighted by Crippen LogP contribution is 2.31. The largest absolute Gasteiger partial charge is 0.380 e. The summed E-state index contributed by atoms with van der Waals surface area (Å²) in [5.41, 5.74) is 2.36. The number of rotatable bonds is 10. The third kappa shape index (κ3) is 7.17. The molecule has 0 saturated carbocycles. The molecule has 44 heavy (non-hydrogen) atoms. The zero-order valence-corrected chi connectivity index (χ0v) is 26.3. The van der Waals surface area contributed by atoms with Gasteiger partial charge in [0.25, 0.3) is 18.2 Å². The van der Waals surface area contributed by atoms with Crippen LogP contribution in [0.2, 0.25) is 0 Å². The van der Waals surface area contributed by atoms with E-state index in [1.807, 2.05) is 43.5 Å². The van der Waals surface area contributed by atoms with Crippen LogP contribution in [0.1, 0.15) is 67.1 Å². The second kappa shape index (κ2) is 12.8. The van der Waals surface area contributed by atoms with Gasteiger partial charge in [-0.3, -0.25) is 14.9 Å². The number of fused-ring (bicyclic) bond motifs is 1. The summed E-state index contributed by atoms with van der Waals surface area (Å²) in [6.45, 7) is 11.8. The zero-order chi connectivity index (χ0) is 31.6. The van der Waals surface area contributed by atoms with E-state index in [0.29, 0.717) is 25.2 Å². The van der Waals surface area contributed by atoms with Crippen LogP contribution in [0, 0.1) is 22.2 Å². The number of anilines is 1. The van der Waals surface area contributed by atoms with Gasteiger partial charge < -0.3 is 19.5 Å². The third-order valence-electron chi connectivity index (χ3n) is 7.85.